The van der Waals surface area contributed by atoms with Crippen molar-refractivity contribution in [2.24, 2.45) is 0 Å². The van der Waals surface area contributed by atoms with Crippen LogP contribution in [0.2, 0.25) is 0 Å². The predicted molar refractivity (Wildman–Crippen MR) is 70.7 cm³/mol. The molecule has 0 spiro atoms. The number of nitrogen functional groups attached to an aromatic ring is 1. The third-order valence-corrected chi connectivity index (χ3v) is 3.19. The van der Waals surface area contributed by atoms with Gasteiger partial charge in [-0.2, -0.15) is 0 Å². The van der Waals surface area contributed by atoms with Crippen molar-refractivity contribution in [2.75, 3.05) is 12.3 Å². The monoisotopic (exact) mass is 261 g/mol. The molecule has 2 aromatic heterocycles. The Balaban J connectivity index is 2.18. The molecule has 92 valence electrons. The van der Waals surface area contributed by atoms with Gasteiger partial charge in [-0.15, -0.1) is 11.3 Å². The number of nitrogens with two attached hydrogens (primary N) is 1. The van der Waals surface area contributed by atoms with Gasteiger partial charge in [0.1, 0.15) is 5.52 Å². The van der Waals surface area contributed by atoms with Crippen LogP contribution in [-0.4, -0.2) is 16.6 Å². The molecule has 0 atom stereocenters. The first-order valence-corrected chi connectivity index (χ1v) is 6.37. The minimum Gasteiger partial charge on any atom is -0.490 e. The Morgan fingerprint density at radius 3 is 3.06 bits per heavy atom. The molecule has 0 aliphatic rings. The van der Waals surface area contributed by atoms with Gasteiger partial charge in [-0.1, -0.05) is 0 Å². The molecule has 0 saturated carbocycles. The number of hydrogen-bond donors (Lipinski definition) is 1. The molecule has 1 aromatic carbocycles. The van der Waals surface area contributed by atoms with Crippen LogP contribution in [0.25, 0.3) is 22.4 Å². The molecule has 2 N–H and O–H groups in total. The Kier molecular flexibility index (Phi) is 2.64. The van der Waals surface area contributed by atoms with Gasteiger partial charge in [0.05, 0.1) is 12.3 Å². The molecule has 0 amide bonds. The summed E-state index contributed by atoms with van der Waals surface area (Å²) < 4.78 is 10.9. The van der Waals surface area contributed by atoms with Gasteiger partial charge in [0, 0.05) is 10.9 Å². The number of anilines is 1. The van der Waals surface area contributed by atoms with Crippen LogP contribution >= 0.6 is 11.3 Å². The first-order chi connectivity index (χ1) is 8.78. The largest absolute Gasteiger partial charge is 0.490 e. The molecular formula is C12H11N3O2S. The van der Waals surface area contributed by atoms with Gasteiger partial charge in [0.15, 0.2) is 22.9 Å². The summed E-state index contributed by atoms with van der Waals surface area (Å²) in [7, 11) is 0. The second-order valence-corrected chi connectivity index (χ2v) is 4.57. The molecule has 18 heavy (non-hydrogen) atoms. The van der Waals surface area contributed by atoms with Gasteiger partial charge in [-0.25, -0.2) is 9.97 Å². The van der Waals surface area contributed by atoms with Crippen LogP contribution in [0.5, 0.6) is 5.75 Å². The van der Waals surface area contributed by atoms with E-state index in [1.54, 1.807) is 0 Å². The molecule has 2 heterocycles. The quantitative estimate of drug-likeness (QED) is 0.784. The molecule has 0 fully saturated rings. The van der Waals surface area contributed by atoms with E-state index >= 15 is 0 Å². The fourth-order valence-electron chi connectivity index (χ4n) is 1.77. The highest BCUT2D eigenvalue weighted by Crippen LogP contribution is 2.32. The lowest BCUT2D eigenvalue weighted by Gasteiger charge is -2.05. The molecule has 0 bridgehead atoms. The minimum absolute atomic E-state index is 0.545. The maximum absolute atomic E-state index is 5.65. The third kappa shape index (κ3) is 1.80. The first kappa shape index (κ1) is 11.0. The molecule has 0 aliphatic heterocycles. The number of fused-ring (bicyclic) bond motifs is 1. The lowest BCUT2D eigenvalue weighted by Crippen LogP contribution is -1.92. The standard InChI is InChI=1S/C12H11N3O2S/c1-2-16-10-4-7(9-5-18-12(13)15-9)3-8-11(10)17-6-14-8/h3-6H,2H2,1H3,(H2,13,15). The van der Waals surface area contributed by atoms with Crippen molar-refractivity contribution < 1.29 is 9.15 Å². The Morgan fingerprint density at radius 1 is 1.44 bits per heavy atom. The lowest BCUT2D eigenvalue weighted by atomic mass is 10.1. The molecule has 3 rings (SSSR count). The molecule has 0 unspecified atom stereocenters. The SMILES string of the molecule is CCOc1cc(-c2csc(N)n2)cc2ncoc12. The van der Waals surface area contributed by atoms with E-state index in [4.69, 9.17) is 14.9 Å². The van der Waals surface area contributed by atoms with E-state index in [0.717, 1.165) is 16.8 Å². The van der Waals surface area contributed by atoms with Gasteiger partial charge in [-0.05, 0) is 19.1 Å². The van der Waals surface area contributed by atoms with Gasteiger partial charge >= 0.3 is 0 Å². The van der Waals surface area contributed by atoms with Crippen molar-refractivity contribution in [2.45, 2.75) is 6.92 Å². The van der Waals surface area contributed by atoms with Crippen molar-refractivity contribution in [3.8, 4) is 17.0 Å². The second kappa shape index (κ2) is 4.30. The second-order valence-electron chi connectivity index (χ2n) is 3.68. The number of oxazole rings is 1. The zero-order chi connectivity index (χ0) is 12.5. The smallest absolute Gasteiger partial charge is 0.196 e. The predicted octanol–water partition coefficient (Wildman–Crippen LogP) is 2.93. The average Bonchev–Trinajstić information content (AvgIpc) is 2.97. The summed E-state index contributed by atoms with van der Waals surface area (Å²) in [4.78, 5) is 8.41. The zero-order valence-electron chi connectivity index (χ0n) is 9.71. The van der Waals surface area contributed by atoms with Crippen molar-refractivity contribution in [3.05, 3.63) is 23.9 Å². The normalized spacial score (nSPS) is 10.9. The summed E-state index contributed by atoms with van der Waals surface area (Å²) in [5.41, 5.74) is 8.80. The summed E-state index contributed by atoms with van der Waals surface area (Å²) in [6.45, 7) is 2.49. The van der Waals surface area contributed by atoms with Crippen LogP contribution in [0.3, 0.4) is 0 Å². The molecule has 6 heteroatoms. The van der Waals surface area contributed by atoms with E-state index in [2.05, 4.69) is 9.97 Å². The van der Waals surface area contributed by atoms with E-state index in [-0.39, 0.29) is 0 Å². The number of nitrogens with zero attached hydrogens (tertiary/aromatic N) is 2. The summed E-state index contributed by atoms with van der Waals surface area (Å²) in [5, 5.41) is 2.45. The molecule has 3 aromatic rings. The average molecular weight is 261 g/mol. The zero-order valence-corrected chi connectivity index (χ0v) is 10.5. The lowest BCUT2D eigenvalue weighted by molar-refractivity contribution is 0.338. The highest BCUT2D eigenvalue weighted by atomic mass is 32.1. The summed E-state index contributed by atoms with van der Waals surface area (Å²) >= 11 is 1.41. The summed E-state index contributed by atoms with van der Waals surface area (Å²) in [6.07, 6.45) is 1.41. The minimum atomic E-state index is 0.545. The van der Waals surface area contributed by atoms with Crippen LogP contribution in [0.15, 0.2) is 28.3 Å². The Labute approximate surface area is 107 Å². The third-order valence-electron chi connectivity index (χ3n) is 2.52. The maximum atomic E-state index is 5.65. The highest BCUT2D eigenvalue weighted by Gasteiger charge is 2.12. The fraction of sp³-hybridized carbons (Fsp3) is 0.167. The van der Waals surface area contributed by atoms with Gasteiger partial charge < -0.3 is 14.9 Å². The number of thiazole rings is 1. The Hall–Kier alpha value is -2.08. The van der Waals surface area contributed by atoms with Crippen molar-refractivity contribution in [1.82, 2.24) is 9.97 Å². The van der Waals surface area contributed by atoms with E-state index in [9.17, 15) is 0 Å². The van der Waals surface area contributed by atoms with E-state index in [0.29, 0.717) is 23.1 Å². The van der Waals surface area contributed by atoms with Crippen molar-refractivity contribution >= 4 is 27.6 Å². The van der Waals surface area contributed by atoms with Gasteiger partial charge in [0.2, 0.25) is 0 Å². The van der Waals surface area contributed by atoms with Crippen LogP contribution in [0.4, 0.5) is 5.13 Å². The van der Waals surface area contributed by atoms with Crippen LogP contribution in [-0.2, 0) is 0 Å². The van der Waals surface area contributed by atoms with E-state index < -0.39 is 0 Å². The number of aromatic nitrogens is 2. The highest BCUT2D eigenvalue weighted by molar-refractivity contribution is 7.13. The Morgan fingerprint density at radius 2 is 2.33 bits per heavy atom. The molecule has 0 radical (unpaired) electrons. The van der Waals surface area contributed by atoms with E-state index in [1.165, 1.54) is 17.7 Å². The van der Waals surface area contributed by atoms with Crippen LogP contribution in [0.1, 0.15) is 6.92 Å². The number of rotatable bonds is 3. The first-order valence-electron chi connectivity index (χ1n) is 5.49. The number of ether oxygens (including phenoxy) is 1. The van der Waals surface area contributed by atoms with Gasteiger partial charge in [0.25, 0.3) is 0 Å². The number of benzene rings is 1. The van der Waals surface area contributed by atoms with Crippen LogP contribution < -0.4 is 10.5 Å². The van der Waals surface area contributed by atoms with Crippen molar-refractivity contribution in [3.63, 3.8) is 0 Å². The topological polar surface area (TPSA) is 74.2 Å². The van der Waals surface area contributed by atoms with Crippen molar-refractivity contribution in [1.29, 1.82) is 0 Å². The van der Waals surface area contributed by atoms with Crippen LogP contribution in [0, 0.1) is 0 Å². The van der Waals surface area contributed by atoms with E-state index in [1.807, 2.05) is 24.4 Å². The fourth-order valence-corrected chi connectivity index (χ4v) is 2.34. The summed E-state index contributed by atoms with van der Waals surface area (Å²) in [5.74, 6) is 0.675. The summed E-state index contributed by atoms with van der Waals surface area (Å²) in [6, 6.07) is 3.81. The molecular weight excluding hydrogens is 250 g/mol. The van der Waals surface area contributed by atoms with Gasteiger partial charge in [-0.3, -0.25) is 0 Å². The molecule has 5 nitrogen and oxygen atoms in total. The Bertz CT molecular complexity index is 690. The maximum Gasteiger partial charge on any atom is 0.196 e. The number of hydrogen-bond acceptors (Lipinski definition) is 6. The molecule has 0 aliphatic carbocycles. The molecule has 0 saturated heterocycles.